The maximum Gasteiger partial charge on any atom is 0.263 e. The molecule has 2 aromatic rings. The van der Waals surface area contributed by atoms with Crippen LogP contribution in [0.4, 0.5) is 5.69 Å². The second kappa shape index (κ2) is 8.61. The summed E-state index contributed by atoms with van der Waals surface area (Å²) in [6.45, 7) is 6.23. The number of benzene rings is 1. The zero-order chi connectivity index (χ0) is 19.3. The highest BCUT2D eigenvalue weighted by Crippen LogP contribution is 2.23. The summed E-state index contributed by atoms with van der Waals surface area (Å²) in [7, 11) is 0. The molecule has 3 rings (SSSR count). The molecule has 2 heterocycles. The molecule has 1 saturated heterocycles. The highest BCUT2D eigenvalue weighted by Gasteiger charge is 2.30. The van der Waals surface area contributed by atoms with E-state index in [9.17, 15) is 4.79 Å². The first-order valence-corrected chi connectivity index (χ1v) is 9.70. The predicted molar refractivity (Wildman–Crippen MR) is 108 cm³/mol. The van der Waals surface area contributed by atoms with Crippen molar-refractivity contribution < 1.29 is 9.53 Å². The lowest BCUT2D eigenvalue weighted by Crippen LogP contribution is -2.48. The summed E-state index contributed by atoms with van der Waals surface area (Å²) in [6.07, 6.45) is 5.76. The van der Waals surface area contributed by atoms with Gasteiger partial charge in [-0.05, 0) is 69.0 Å². The van der Waals surface area contributed by atoms with Gasteiger partial charge in [0.05, 0.1) is 0 Å². The van der Waals surface area contributed by atoms with E-state index in [4.69, 9.17) is 16.3 Å². The number of anilines is 1. The minimum Gasteiger partial charge on any atom is -0.478 e. The van der Waals surface area contributed by atoms with Crippen LogP contribution in [0, 0.1) is 5.92 Å². The van der Waals surface area contributed by atoms with Gasteiger partial charge in [0.1, 0.15) is 5.75 Å². The topological polar surface area (TPSA) is 54.5 Å². The fourth-order valence-corrected chi connectivity index (χ4v) is 3.37. The standard InChI is InChI=1S/C21H26ClN3O2/c1-21(2,27-19-5-3-17(22)4-6-19)20(26)24-15-16-9-13-25(14-10-16)18-7-11-23-12-8-18/h3-8,11-12,16H,9-10,13-15H2,1-2H3,(H,24,26). The second-order valence-electron chi connectivity index (χ2n) is 7.41. The van der Waals surface area contributed by atoms with E-state index >= 15 is 0 Å². The molecule has 0 atom stereocenters. The summed E-state index contributed by atoms with van der Waals surface area (Å²) in [5, 5.41) is 3.70. The van der Waals surface area contributed by atoms with Crippen LogP contribution in [-0.2, 0) is 4.79 Å². The van der Waals surface area contributed by atoms with Gasteiger partial charge in [0.25, 0.3) is 5.91 Å². The molecule has 0 radical (unpaired) electrons. The van der Waals surface area contributed by atoms with E-state index in [0.717, 1.165) is 25.9 Å². The number of carbonyl (C=O) groups is 1. The van der Waals surface area contributed by atoms with E-state index in [2.05, 4.69) is 15.2 Å². The normalized spacial score (nSPS) is 15.4. The lowest BCUT2D eigenvalue weighted by molar-refractivity contribution is -0.134. The molecule has 5 nitrogen and oxygen atoms in total. The minimum absolute atomic E-state index is 0.103. The van der Waals surface area contributed by atoms with Crippen LogP contribution in [0.5, 0.6) is 5.75 Å². The van der Waals surface area contributed by atoms with Gasteiger partial charge in [0.2, 0.25) is 0 Å². The Hall–Kier alpha value is -2.27. The van der Waals surface area contributed by atoms with Gasteiger partial charge in [-0.15, -0.1) is 0 Å². The summed E-state index contributed by atoms with van der Waals surface area (Å²) in [6, 6.07) is 11.1. The molecule has 1 aromatic heterocycles. The van der Waals surface area contributed by atoms with Crippen LogP contribution >= 0.6 is 11.6 Å². The molecule has 6 heteroatoms. The van der Waals surface area contributed by atoms with Crippen molar-refractivity contribution in [3.63, 3.8) is 0 Å². The average Bonchev–Trinajstić information content (AvgIpc) is 2.69. The third kappa shape index (κ3) is 5.36. The number of amides is 1. The van der Waals surface area contributed by atoms with Crippen LogP contribution in [0.25, 0.3) is 0 Å². The lowest BCUT2D eigenvalue weighted by Gasteiger charge is -2.34. The van der Waals surface area contributed by atoms with E-state index < -0.39 is 5.60 Å². The number of carbonyl (C=O) groups excluding carboxylic acids is 1. The van der Waals surface area contributed by atoms with Gasteiger partial charge < -0.3 is 15.0 Å². The van der Waals surface area contributed by atoms with Gasteiger partial charge in [0, 0.05) is 42.7 Å². The number of hydrogen-bond donors (Lipinski definition) is 1. The molecule has 1 amide bonds. The molecule has 144 valence electrons. The number of piperidine rings is 1. The van der Waals surface area contributed by atoms with Crippen molar-refractivity contribution in [2.45, 2.75) is 32.3 Å². The summed E-state index contributed by atoms with van der Waals surface area (Å²) in [4.78, 5) is 19.0. The number of nitrogens with zero attached hydrogens (tertiary/aromatic N) is 2. The van der Waals surface area contributed by atoms with E-state index in [1.165, 1.54) is 5.69 Å². The Morgan fingerprint density at radius 2 is 1.81 bits per heavy atom. The van der Waals surface area contributed by atoms with Crippen LogP contribution in [0.1, 0.15) is 26.7 Å². The van der Waals surface area contributed by atoms with Crippen molar-refractivity contribution in [2.75, 3.05) is 24.5 Å². The quantitative estimate of drug-likeness (QED) is 0.816. The summed E-state index contributed by atoms with van der Waals surface area (Å²) in [5.41, 5.74) is 0.274. The fraction of sp³-hybridized carbons (Fsp3) is 0.429. The van der Waals surface area contributed by atoms with Gasteiger partial charge in [-0.1, -0.05) is 11.6 Å². The van der Waals surface area contributed by atoms with Crippen LogP contribution < -0.4 is 15.0 Å². The highest BCUT2D eigenvalue weighted by molar-refractivity contribution is 6.30. The molecule has 0 aliphatic carbocycles. The maximum atomic E-state index is 12.6. The number of halogens is 1. The Morgan fingerprint density at radius 3 is 2.44 bits per heavy atom. The van der Waals surface area contributed by atoms with E-state index in [-0.39, 0.29) is 5.91 Å². The summed E-state index contributed by atoms with van der Waals surface area (Å²) in [5.74, 6) is 1.01. The molecule has 1 aliphatic heterocycles. The number of ether oxygens (including phenoxy) is 1. The van der Waals surface area contributed by atoms with Gasteiger partial charge in [-0.2, -0.15) is 0 Å². The monoisotopic (exact) mass is 387 g/mol. The lowest BCUT2D eigenvalue weighted by atomic mass is 9.96. The van der Waals surface area contributed by atoms with E-state index in [0.29, 0.717) is 23.2 Å². The first-order valence-electron chi connectivity index (χ1n) is 9.32. The number of aromatic nitrogens is 1. The Kier molecular flexibility index (Phi) is 6.22. The van der Waals surface area contributed by atoms with Crippen LogP contribution in [0.3, 0.4) is 0 Å². The van der Waals surface area contributed by atoms with Crippen molar-refractivity contribution in [1.82, 2.24) is 10.3 Å². The Bertz CT molecular complexity index is 742. The van der Waals surface area contributed by atoms with Crippen molar-refractivity contribution >= 4 is 23.2 Å². The number of pyridine rings is 1. The third-order valence-electron chi connectivity index (χ3n) is 4.93. The number of hydrogen-bond acceptors (Lipinski definition) is 4. The molecular weight excluding hydrogens is 362 g/mol. The van der Waals surface area contributed by atoms with Gasteiger partial charge in [-0.25, -0.2) is 0 Å². The van der Waals surface area contributed by atoms with E-state index in [1.54, 1.807) is 38.1 Å². The summed E-state index contributed by atoms with van der Waals surface area (Å²) < 4.78 is 5.85. The molecule has 1 aliphatic rings. The first kappa shape index (κ1) is 19.5. The fourth-order valence-electron chi connectivity index (χ4n) is 3.24. The molecule has 0 bridgehead atoms. The Morgan fingerprint density at radius 1 is 1.19 bits per heavy atom. The molecule has 0 saturated carbocycles. The first-order chi connectivity index (χ1) is 12.9. The SMILES string of the molecule is CC(C)(Oc1ccc(Cl)cc1)C(=O)NCC1CCN(c2ccncc2)CC1. The Balaban J connectivity index is 1.45. The molecule has 1 N–H and O–H groups in total. The average molecular weight is 388 g/mol. The van der Waals surface area contributed by atoms with Crippen LogP contribution in [0.15, 0.2) is 48.8 Å². The Labute approximate surface area is 165 Å². The van der Waals surface area contributed by atoms with E-state index in [1.807, 2.05) is 24.5 Å². The number of nitrogens with one attached hydrogen (secondary N) is 1. The molecule has 1 aromatic carbocycles. The van der Waals surface area contributed by atoms with Crippen LogP contribution in [0.2, 0.25) is 5.02 Å². The zero-order valence-electron chi connectivity index (χ0n) is 15.8. The van der Waals surface area contributed by atoms with Crippen LogP contribution in [-0.4, -0.2) is 36.1 Å². The molecule has 0 unspecified atom stereocenters. The molecule has 27 heavy (non-hydrogen) atoms. The smallest absolute Gasteiger partial charge is 0.263 e. The summed E-state index contributed by atoms with van der Waals surface area (Å²) >= 11 is 5.89. The van der Waals surface area contributed by atoms with Crippen molar-refractivity contribution in [3.05, 3.63) is 53.8 Å². The minimum atomic E-state index is -0.939. The van der Waals surface area contributed by atoms with Crippen molar-refractivity contribution in [3.8, 4) is 5.75 Å². The zero-order valence-corrected chi connectivity index (χ0v) is 16.6. The molecule has 1 fully saturated rings. The highest BCUT2D eigenvalue weighted by atomic mass is 35.5. The largest absolute Gasteiger partial charge is 0.478 e. The molecule has 0 spiro atoms. The number of rotatable bonds is 6. The van der Waals surface area contributed by atoms with Gasteiger partial charge in [-0.3, -0.25) is 9.78 Å². The molecular formula is C21H26ClN3O2. The third-order valence-corrected chi connectivity index (χ3v) is 5.18. The maximum absolute atomic E-state index is 12.6. The van der Waals surface area contributed by atoms with Crippen molar-refractivity contribution in [2.24, 2.45) is 5.92 Å². The van der Waals surface area contributed by atoms with Gasteiger partial charge in [0.15, 0.2) is 5.60 Å². The van der Waals surface area contributed by atoms with Gasteiger partial charge >= 0.3 is 0 Å². The predicted octanol–water partition coefficient (Wildman–Crippen LogP) is 3.93. The second-order valence-corrected chi connectivity index (χ2v) is 7.85. The van der Waals surface area contributed by atoms with Crippen molar-refractivity contribution in [1.29, 1.82) is 0 Å².